The monoisotopic (exact) mass is 148 g/mol. The SMILES string of the molecule is O=CC1=C(C=O)C=CCC=C1. The Morgan fingerprint density at radius 3 is 1.82 bits per heavy atom. The summed E-state index contributed by atoms with van der Waals surface area (Å²) in [4.78, 5) is 20.8. The molecule has 2 heteroatoms. The molecule has 0 unspecified atom stereocenters. The van der Waals surface area contributed by atoms with Gasteiger partial charge < -0.3 is 0 Å². The first-order valence-electron chi connectivity index (χ1n) is 3.36. The molecule has 0 heterocycles. The summed E-state index contributed by atoms with van der Waals surface area (Å²) in [6.45, 7) is 0. The van der Waals surface area contributed by atoms with Crippen molar-refractivity contribution in [3.05, 3.63) is 35.5 Å². The maximum absolute atomic E-state index is 10.4. The second kappa shape index (κ2) is 3.66. The van der Waals surface area contributed by atoms with Crippen LogP contribution in [0, 0.1) is 0 Å². The van der Waals surface area contributed by atoms with Crippen molar-refractivity contribution >= 4 is 12.6 Å². The van der Waals surface area contributed by atoms with Gasteiger partial charge in [0.25, 0.3) is 0 Å². The predicted octanol–water partition coefficient (Wildman–Crippen LogP) is 1.20. The van der Waals surface area contributed by atoms with Crippen LogP contribution >= 0.6 is 0 Å². The van der Waals surface area contributed by atoms with E-state index in [0.717, 1.165) is 6.42 Å². The molecule has 0 aromatic heterocycles. The minimum absolute atomic E-state index is 0.453. The van der Waals surface area contributed by atoms with Gasteiger partial charge in [0, 0.05) is 11.1 Å². The summed E-state index contributed by atoms with van der Waals surface area (Å²) in [5.41, 5.74) is 0.905. The first-order valence-corrected chi connectivity index (χ1v) is 3.36. The number of rotatable bonds is 2. The Hall–Kier alpha value is -1.44. The summed E-state index contributed by atoms with van der Waals surface area (Å²) < 4.78 is 0. The first kappa shape index (κ1) is 7.66. The fraction of sp³-hybridized carbons (Fsp3) is 0.111. The zero-order valence-corrected chi connectivity index (χ0v) is 5.99. The van der Waals surface area contributed by atoms with Crippen LogP contribution in [0.4, 0.5) is 0 Å². The molecule has 0 saturated carbocycles. The van der Waals surface area contributed by atoms with Gasteiger partial charge in [0.15, 0.2) is 12.6 Å². The highest BCUT2D eigenvalue weighted by molar-refractivity contribution is 5.92. The highest BCUT2D eigenvalue weighted by Crippen LogP contribution is 2.08. The molecular weight excluding hydrogens is 140 g/mol. The van der Waals surface area contributed by atoms with Gasteiger partial charge in [-0.3, -0.25) is 9.59 Å². The average molecular weight is 148 g/mol. The third kappa shape index (κ3) is 1.74. The third-order valence-electron chi connectivity index (χ3n) is 1.45. The summed E-state index contributed by atoms with van der Waals surface area (Å²) in [7, 11) is 0. The van der Waals surface area contributed by atoms with Crippen LogP contribution in [-0.4, -0.2) is 12.6 Å². The first-order chi connectivity index (χ1) is 5.38. The molecule has 0 amide bonds. The number of carbonyl (C=O) groups excluding carboxylic acids is 2. The van der Waals surface area contributed by atoms with E-state index in [-0.39, 0.29) is 0 Å². The number of hydrogen-bond donors (Lipinski definition) is 0. The van der Waals surface area contributed by atoms with E-state index in [1.54, 1.807) is 12.2 Å². The van der Waals surface area contributed by atoms with Crippen molar-refractivity contribution in [3.63, 3.8) is 0 Å². The fourth-order valence-corrected chi connectivity index (χ4v) is 0.876. The molecule has 0 fully saturated rings. The van der Waals surface area contributed by atoms with Crippen LogP contribution in [0.3, 0.4) is 0 Å². The second-order valence-electron chi connectivity index (χ2n) is 2.19. The summed E-state index contributed by atoms with van der Waals surface area (Å²) in [5, 5.41) is 0. The Morgan fingerprint density at radius 2 is 1.45 bits per heavy atom. The molecule has 0 saturated heterocycles. The molecule has 0 aromatic rings. The highest BCUT2D eigenvalue weighted by Gasteiger charge is 1.99. The summed E-state index contributed by atoms with van der Waals surface area (Å²) in [6, 6.07) is 0. The van der Waals surface area contributed by atoms with Crippen LogP contribution in [0.5, 0.6) is 0 Å². The van der Waals surface area contributed by atoms with E-state index >= 15 is 0 Å². The van der Waals surface area contributed by atoms with Crippen molar-refractivity contribution in [2.45, 2.75) is 6.42 Å². The van der Waals surface area contributed by atoms with Crippen LogP contribution in [0.15, 0.2) is 35.5 Å². The lowest BCUT2D eigenvalue weighted by Crippen LogP contribution is -1.88. The van der Waals surface area contributed by atoms with Crippen LogP contribution in [0.2, 0.25) is 0 Å². The molecule has 11 heavy (non-hydrogen) atoms. The minimum Gasteiger partial charge on any atom is -0.298 e. The quantitative estimate of drug-likeness (QED) is 0.551. The van der Waals surface area contributed by atoms with Gasteiger partial charge in [-0.1, -0.05) is 24.3 Å². The van der Waals surface area contributed by atoms with Crippen molar-refractivity contribution in [2.75, 3.05) is 0 Å². The number of aldehydes is 2. The van der Waals surface area contributed by atoms with Crippen LogP contribution in [0.25, 0.3) is 0 Å². The zero-order valence-electron chi connectivity index (χ0n) is 5.99. The van der Waals surface area contributed by atoms with Gasteiger partial charge in [0.2, 0.25) is 0 Å². The highest BCUT2D eigenvalue weighted by atomic mass is 16.1. The molecule has 0 aliphatic heterocycles. The Bertz CT molecular complexity index is 231. The molecule has 0 N–H and O–H groups in total. The molecule has 0 aromatic carbocycles. The van der Waals surface area contributed by atoms with E-state index in [2.05, 4.69) is 0 Å². The van der Waals surface area contributed by atoms with Gasteiger partial charge in [-0.15, -0.1) is 0 Å². The van der Waals surface area contributed by atoms with E-state index < -0.39 is 0 Å². The molecule has 1 aliphatic carbocycles. The van der Waals surface area contributed by atoms with Crippen molar-refractivity contribution in [3.8, 4) is 0 Å². The second-order valence-corrected chi connectivity index (χ2v) is 2.19. The van der Waals surface area contributed by atoms with Gasteiger partial charge in [-0.25, -0.2) is 0 Å². The molecule has 2 nitrogen and oxygen atoms in total. The maximum atomic E-state index is 10.4. The van der Waals surface area contributed by atoms with Gasteiger partial charge >= 0.3 is 0 Å². The molecule has 0 atom stereocenters. The van der Waals surface area contributed by atoms with E-state index in [1.807, 2.05) is 12.2 Å². The Morgan fingerprint density at radius 1 is 1.00 bits per heavy atom. The van der Waals surface area contributed by atoms with Gasteiger partial charge in [0.1, 0.15) is 0 Å². The molecule has 0 bridgehead atoms. The molecule has 56 valence electrons. The summed E-state index contributed by atoms with van der Waals surface area (Å²) >= 11 is 0. The predicted molar refractivity (Wildman–Crippen MR) is 42.1 cm³/mol. The van der Waals surface area contributed by atoms with E-state index in [9.17, 15) is 9.59 Å². The van der Waals surface area contributed by atoms with Crippen LogP contribution in [-0.2, 0) is 9.59 Å². The number of carbonyl (C=O) groups is 2. The summed E-state index contributed by atoms with van der Waals surface area (Å²) in [5.74, 6) is 0. The summed E-state index contributed by atoms with van der Waals surface area (Å²) in [6.07, 6.45) is 9.17. The lowest BCUT2D eigenvalue weighted by molar-refractivity contribution is -0.106. The smallest absolute Gasteiger partial charge is 0.150 e. The zero-order chi connectivity index (χ0) is 8.10. The van der Waals surface area contributed by atoms with E-state index in [4.69, 9.17) is 0 Å². The Labute approximate surface area is 64.9 Å². The molecule has 1 rings (SSSR count). The minimum atomic E-state index is 0.453. The average Bonchev–Trinajstić information content (AvgIpc) is 2.27. The number of allylic oxidation sites excluding steroid dienone is 6. The van der Waals surface area contributed by atoms with Crippen molar-refractivity contribution in [1.82, 2.24) is 0 Å². The van der Waals surface area contributed by atoms with Crippen LogP contribution in [0.1, 0.15) is 6.42 Å². The molecule has 0 radical (unpaired) electrons. The standard InChI is InChI=1S/C9H8O2/c10-6-8-4-2-1-3-5-9(8)7-11/h2-7H,1H2. The topological polar surface area (TPSA) is 34.1 Å². The lowest BCUT2D eigenvalue weighted by Gasteiger charge is -1.90. The van der Waals surface area contributed by atoms with Crippen molar-refractivity contribution < 1.29 is 9.59 Å². The van der Waals surface area contributed by atoms with Crippen molar-refractivity contribution in [1.29, 1.82) is 0 Å². The Kier molecular flexibility index (Phi) is 2.55. The van der Waals surface area contributed by atoms with Gasteiger partial charge in [-0.05, 0) is 6.42 Å². The maximum Gasteiger partial charge on any atom is 0.150 e. The van der Waals surface area contributed by atoms with Crippen molar-refractivity contribution in [2.24, 2.45) is 0 Å². The Balaban J connectivity index is 3.08. The van der Waals surface area contributed by atoms with E-state index in [1.165, 1.54) is 0 Å². The molecule has 0 spiro atoms. The van der Waals surface area contributed by atoms with Gasteiger partial charge in [-0.2, -0.15) is 0 Å². The lowest BCUT2D eigenvalue weighted by atomic mass is 10.1. The molecule has 1 aliphatic rings. The number of hydrogen-bond acceptors (Lipinski definition) is 2. The normalized spacial score (nSPS) is 16.4. The molecular formula is C9H8O2. The largest absolute Gasteiger partial charge is 0.298 e. The van der Waals surface area contributed by atoms with Crippen LogP contribution < -0.4 is 0 Å². The van der Waals surface area contributed by atoms with E-state index in [0.29, 0.717) is 23.7 Å². The fourth-order valence-electron chi connectivity index (χ4n) is 0.876. The van der Waals surface area contributed by atoms with Gasteiger partial charge in [0.05, 0.1) is 0 Å². The third-order valence-corrected chi connectivity index (χ3v) is 1.45.